The number of hydrogen-bond donors (Lipinski definition) is 0. The highest BCUT2D eigenvalue weighted by Gasteiger charge is 2.46. The van der Waals surface area contributed by atoms with Crippen LogP contribution in [0.15, 0.2) is 162 Å². The first-order valence-corrected chi connectivity index (χ1v) is 16.2. The highest BCUT2D eigenvalue weighted by Crippen LogP contribution is 2.57. The third-order valence-electron chi connectivity index (χ3n) is 9.77. The van der Waals surface area contributed by atoms with Crippen LogP contribution in [0.25, 0.3) is 64.4 Å². The Labute approximate surface area is 264 Å². The van der Waals surface area contributed by atoms with E-state index in [2.05, 4.69) is 158 Å². The molecule has 1 aliphatic carbocycles. The maximum Gasteiger partial charge on any atom is 0.136 e. The van der Waals surface area contributed by atoms with Crippen molar-refractivity contribution in [2.24, 2.45) is 0 Å². The van der Waals surface area contributed by atoms with Crippen LogP contribution in [-0.4, -0.2) is 0 Å². The van der Waals surface area contributed by atoms with Crippen LogP contribution < -0.4 is 0 Å². The largest absolute Gasteiger partial charge is 0.456 e. The van der Waals surface area contributed by atoms with E-state index in [9.17, 15) is 0 Å². The lowest BCUT2D eigenvalue weighted by atomic mass is 9.67. The van der Waals surface area contributed by atoms with Crippen molar-refractivity contribution in [2.75, 3.05) is 0 Å². The summed E-state index contributed by atoms with van der Waals surface area (Å²) in [4.78, 5) is 0. The molecule has 210 valence electrons. The van der Waals surface area contributed by atoms with Gasteiger partial charge in [0.1, 0.15) is 11.2 Å². The molecule has 0 radical (unpaired) electrons. The smallest absolute Gasteiger partial charge is 0.136 e. The zero-order valence-electron chi connectivity index (χ0n) is 24.3. The zero-order valence-corrected chi connectivity index (χ0v) is 25.1. The number of furan rings is 1. The van der Waals surface area contributed by atoms with Gasteiger partial charge < -0.3 is 4.42 Å². The second-order valence-electron chi connectivity index (χ2n) is 12.0. The normalized spacial score (nSPS) is 13.5. The summed E-state index contributed by atoms with van der Waals surface area (Å²) < 4.78 is 9.42. The van der Waals surface area contributed by atoms with Gasteiger partial charge in [-0.3, -0.25) is 0 Å². The van der Waals surface area contributed by atoms with E-state index in [-0.39, 0.29) is 0 Å². The molecule has 0 atom stereocenters. The molecule has 0 saturated heterocycles. The van der Waals surface area contributed by atoms with Crippen molar-refractivity contribution >= 4 is 53.4 Å². The SMILES string of the molecule is c1ccc(C2(c3ccccc3)c3ccccc3-c3cc4c(cc32)oc2cc(-c3cccc5c3sc3ccccc35)ccc24)cc1. The molecule has 0 N–H and O–H groups in total. The van der Waals surface area contributed by atoms with Gasteiger partial charge in [-0.25, -0.2) is 0 Å². The molecule has 9 aromatic rings. The minimum atomic E-state index is -0.441. The number of fused-ring (bicyclic) bond motifs is 9. The fraction of sp³-hybridized carbons (Fsp3) is 0.0233. The van der Waals surface area contributed by atoms with Gasteiger partial charge in [0.15, 0.2) is 0 Å². The van der Waals surface area contributed by atoms with Crippen LogP contribution in [-0.2, 0) is 5.41 Å². The van der Waals surface area contributed by atoms with Gasteiger partial charge in [0, 0.05) is 30.9 Å². The average molecular weight is 591 g/mol. The van der Waals surface area contributed by atoms with Gasteiger partial charge in [0.25, 0.3) is 0 Å². The van der Waals surface area contributed by atoms with Gasteiger partial charge in [-0.1, -0.05) is 127 Å². The molecule has 0 aliphatic heterocycles. The standard InChI is InChI=1S/C43H26OS/c1-3-12-28(13-4-1)43(29-14-5-2-6-15-29)37-20-9-7-16-31(37)35-25-36-32-23-22-27(24-39(32)44-40(36)26-38(35)43)30-18-11-19-34-33-17-8-10-21-41(33)45-42(30)34/h1-26H. The van der Waals surface area contributed by atoms with E-state index in [1.54, 1.807) is 0 Å². The second-order valence-corrected chi connectivity index (χ2v) is 13.1. The van der Waals surface area contributed by atoms with Crippen LogP contribution in [0.2, 0.25) is 0 Å². The molecule has 2 aromatic heterocycles. The molecule has 2 heterocycles. The first kappa shape index (κ1) is 24.9. The Hall–Kier alpha value is -5.44. The maximum absolute atomic E-state index is 6.78. The molecular formula is C43H26OS. The third kappa shape index (κ3) is 3.38. The van der Waals surface area contributed by atoms with E-state index in [1.807, 2.05) is 11.3 Å². The Morgan fingerprint density at radius 3 is 1.91 bits per heavy atom. The molecule has 7 aromatic carbocycles. The molecular weight excluding hydrogens is 565 g/mol. The second kappa shape index (κ2) is 9.28. The summed E-state index contributed by atoms with van der Waals surface area (Å²) in [6.45, 7) is 0. The highest BCUT2D eigenvalue weighted by atomic mass is 32.1. The molecule has 2 heteroatoms. The van der Waals surface area contributed by atoms with E-state index in [4.69, 9.17) is 4.42 Å². The lowest BCUT2D eigenvalue weighted by Crippen LogP contribution is -2.28. The minimum absolute atomic E-state index is 0.441. The number of hydrogen-bond acceptors (Lipinski definition) is 2. The summed E-state index contributed by atoms with van der Waals surface area (Å²) in [6.07, 6.45) is 0. The predicted molar refractivity (Wildman–Crippen MR) is 189 cm³/mol. The first-order chi connectivity index (χ1) is 22.3. The average Bonchev–Trinajstić information content (AvgIpc) is 3.75. The molecule has 1 aliphatic rings. The molecule has 1 nitrogen and oxygen atoms in total. The fourth-order valence-corrected chi connectivity index (χ4v) is 9.09. The van der Waals surface area contributed by atoms with Crippen molar-refractivity contribution in [3.63, 3.8) is 0 Å². The van der Waals surface area contributed by atoms with Crippen molar-refractivity contribution in [3.05, 3.63) is 180 Å². The molecule has 0 amide bonds. The van der Waals surface area contributed by atoms with Crippen LogP contribution in [0.5, 0.6) is 0 Å². The zero-order chi connectivity index (χ0) is 29.5. The summed E-state index contributed by atoms with van der Waals surface area (Å²) in [6, 6.07) is 57.6. The van der Waals surface area contributed by atoms with Gasteiger partial charge in [-0.2, -0.15) is 0 Å². The van der Waals surface area contributed by atoms with E-state index in [1.165, 1.54) is 64.7 Å². The fourth-order valence-electron chi connectivity index (χ4n) is 7.85. The molecule has 0 unspecified atom stereocenters. The summed E-state index contributed by atoms with van der Waals surface area (Å²) in [7, 11) is 0. The Balaban J connectivity index is 1.23. The van der Waals surface area contributed by atoms with E-state index in [0.29, 0.717) is 0 Å². The number of rotatable bonds is 3. The Kier molecular flexibility index (Phi) is 5.14. The predicted octanol–water partition coefficient (Wildman–Crippen LogP) is 12.0. The summed E-state index contributed by atoms with van der Waals surface area (Å²) in [5.74, 6) is 0. The topological polar surface area (TPSA) is 13.1 Å². The Morgan fingerprint density at radius 2 is 1.09 bits per heavy atom. The van der Waals surface area contributed by atoms with Crippen LogP contribution in [0.3, 0.4) is 0 Å². The van der Waals surface area contributed by atoms with E-state index < -0.39 is 5.41 Å². The van der Waals surface area contributed by atoms with Crippen molar-refractivity contribution in [1.29, 1.82) is 0 Å². The van der Waals surface area contributed by atoms with Gasteiger partial charge >= 0.3 is 0 Å². The van der Waals surface area contributed by atoms with E-state index in [0.717, 1.165) is 21.9 Å². The van der Waals surface area contributed by atoms with Gasteiger partial charge in [-0.15, -0.1) is 11.3 Å². The van der Waals surface area contributed by atoms with Crippen LogP contribution >= 0.6 is 11.3 Å². The van der Waals surface area contributed by atoms with Crippen molar-refractivity contribution in [2.45, 2.75) is 5.41 Å². The van der Waals surface area contributed by atoms with Crippen molar-refractivity contribution in [1.82, 2.24) is 0 Å². The van der Waals surface area contributed by atoms with Gasteiger partial charge in [0.05, 0.1) is 5.41 Å². The molecule has 0 spiro atoms. The molecule has 45 heavy (non-hydrogen) atoms. The lowest BCUT2D eigenvalue weighted by Gasteiger charge is -2.33. The quantitative estimate of drug-likeness (QED) is 0.199. The molecule has 0 fully saturated rings. The van der Waals surface area contributed by atoms with Crippen LogP contribution in [0, 0.1) is 0 Å². The Morgan fingerprint density at radius 1 is 0.422 bits per heavy atom. The minimum Gasteiger partial charge on any atom is -0.456 e. The van der Waals surface area contributed by atoms with Gasteiger partial charge in [-0.05, 0) is 74.8 Å². The number of thiophene rings is 1. The van der Waals surface area contributed by atoms with Crippen LogP contribution in [0.4, 0.5) is 0 Å². The third-order valence-corrected chi connectivity index (χ3v) is 11.0. The van der Waals surface area contributed by atoms with Crippen LogP contribution in [0.1, 0.15) is 22.3 Å². The summed E-state index contributed by atoms with van der Waals surface area (Å²) in [5.41, 5.74) is 11.5. The molecule has 0 bridgehead atoms. The van der Waals surface area contributed by atoms with Crippen molar-refractivity contribution < 1.29 is 4.42 Å². The maximum atomic E-state index is 6.78. The van der Waals surface area contributed by atoms with Gasteiger partial charge in [0.2, 0.25) is 0 Å². The van der Waals surface area contributed by atoms with E-state index >= 15 is 0 Å². The Bertz CT molecular complexity index is 2550. The monoisotopic (exact) mass is 590 g/mol. The number of benzene rings is 7. The highest BCUT2D eigenvalue weighted by molar-refractivity contribution is 7.26. The molecule has 10 rings (SSSR count). The summed E-state index contributed by atoms with van der Waals surface area (Å²) >= 11 is 1.87. The first-order valence-electron chi connectivity index (χ1n) is 15.4. The summed E-state index contributed by atoms with van der Waals surface area (Å²) in [5, 5.41) is 4.93. The molecule has 0 saturated carbocycles. The van der Waals surface area contributed by atoms with Crippen molar-refractivity contribution in [3.8, 4) is 22.3 Å². The lowest BCUT2D eigenvalue weighted by molar-refractivity contribution is 0.666.